The van der Waals surface area contributed by atoms with E-state index in [1.54, 1.807) is 0 Å². The van der Waals surface area contributed by atoms with Crippen LogP contribution in [0.25, 0.3) is 0 Å². The topological polar surface area (TPSA) is 9.23 Å². The van der Waals surface area contributed by atoms with E-state index in [4.69, 9.17) is 4.74 Å². The maximum atomic E-state index is 5.81. The standard InChI is InChI=1S/C15H20Br2O/c16-13-6-8-14(9-7-13)18-11-10-12-4-2-1-3-5-15(12)17/h6-9,12,15H,1-5,10-11H2. The predicted molar refractivity (Wildman–Crippen MR) is 83.5 cm³/mol. The van der Waals surface area contributed by atoms with Gasteiger partial charge in [-0.25, -0.2) is 0 Å². The van der Waals surface area contributed by atoms with Gasteiger partial charge in [0.05, 0.1) is 6.61 Å². The zero-order valence-electron chi connectivity index (χ0n) is 10.6. The summed E-state index contributed by atoms with van der Waals surface area (Å²) in [5, 5.41) is 0. The first-order chi connectivity index (χ1) is 8.75. The lowest BCUT2D eigenvalue weighted by Gasteiger charge is -2.19. The van der Waals surface area contributed by atoms with E-state index in [1.165, 1.54) is 32.1 Å². The summed E-state index contributed by atoms with van der Waals surface area (Å²) in [6, 6.07) is 8.08. The molecule has 3 heteroatoms. The van der Waals surface area contributed by atoms with E-state index in [9.17, 15) is 0 Å². The van der Waals surface area contributed by atoms with Crippen LogP contribution in [0.15, 0.2) is 28.7 Å². The van der Waals surface area contributed by atoms with E-state index >= 15 is 0 Å². The molecule has 0 aliphatic heterocycles. The van der Waals surface area contributed by atoms with Crippen molar-refractivity contribution in [3.63, 3.8) is 0 Å². The molecule has 2 rings (SSSR count). The number of hydrogen-bond donors (Lipinski definition) is 0. The minimum atomic E-state index is 0.688. The Kier molecular flexibility index (Phi) is 6.03. The molecule has 1 aliphatic carbocycles. The van der Waals surface area contributed by atoms with E-state index in [2.05, 4.69) is 31.9 Å². The van der Waals surface area contributed by atoms with Crippen LogP contribution in [0.5, 0.6) is 5.75 Å². The Balaban J connectivity index is 1.75. The predicted octanol–water partition coefficient (Wildman–Crippen LogP) is 5.56. The van der Waals surface area contributed by atoms with Crippen LogP contribution in [-0.2, 0) is 0 Å². The van der Waals surface area contributed by atoms with Crippen LogP contribution in [0, 0.1) is 5.92 Å². The molecule has 1 aliphatic rings. The number of ether oxygens (including phenoxy) is 1. The fourth-order valence-corrected chi connectivity index (χ4v) is 3.64. The van der Waals surface area contributed by atoms with Gasteiger partial charge in [-0.05, 0) is 49.4 Å². The molecule has 0 radical (unpaired) electrons. The van der Waals surface area contributed by atoms with Gasteiger partial charge in [0.25, 0.3) is 0 Å². The monoisotopic (exact) mass is 374 g/mol. The van der Waals surface area contributed by atoms with Crippen molar-refractivity contribution in [3.05, 3.63) is 28.7 Å². The number of alkyl halides is 1. The molecule has 0 aromatic heterocycles. The first kappa shape index (κ1) is 14.4. The van der Waals surface area contributed by atoms with Crippen LogP contribution in [0.3, 0.4) is 0 Å². The smallest absolute Gasteiger partial charge is 0.119 e. The minimum absolute atomic E-state index is 0.688. The van der Waals surface area contributed by atoms with E-state index in [1.807, 2.05) is 24.3 Å². The molecule has 1 nitrogen and oxygen atoms in total. The Hall–Kier alpha value is -0.0200. The summed E-state index contributed by atoms with van der Waals surface area (Å²) in [6.45, 7) is 0.828. The molecule has 18 heavy (non-hydrogen) atoms. The molecule has 0 amide bonds. The summed E-state index contributed by atoms with van der Waals surface area (Å²) >= 11 is 7.27. The lowest BCUT2D eigenvalue weighted by molar-refractivity contribution is 0.271. The van der Waals surface area contributed by atoms with Crippen molar-refractivity contribution in [1.82, 2.24) is 0 Å². The maximum absolute atomic E-state index is 5.81. The van der Waals surface area contributed by atoms with Gasteiger partial charge in [-0.1, -0.05) is 51.1 Å². The van der Waals surface area contributed by atoms with Crippen molar-refractivity contribution in [3.8, 4) is 5.75 Å². The molecule has 0 spiro atoms. The van der Waals surface area contributed by atoms with Crippen molar-refractivity contribution < 1.29 is 4.74 Å². The first-order valence-corrected chi connectivity index (χ1v) is 8.49. The molecular weight excluding hydrogens is 356 g/mol. The molecule has 0 N–H and O–H groups in total. The Morgan fingerprint density at radius 1 is 1.06 bits per heavy atom. The molecular formula is C15H20Br2O. The molecule has 1 aromatic rings. The van der Waals surface area contributed by atoms with Crippen LogP contribution < -0.4 is 4.74 Å². The van der Waals surface area contributed by atoms with Crippen LogP contribution in [0.4, 0.5) is 0 Å². The first-order valence-electron chi connectivity index (χ1n) is 6.78. The van der Waals surface area contributed by atoms with Crippen LogP contribution in [0.1, 0.15) is 38.5 Å². The highest BCUT2D eigenvalue weighted by Gasteiger charge is 2.20. The van der Waals surface area contributed by atoms with Crippen molar-refractivity contribution in [2.24, 2.45) is 5.92 Å². The SMILES string of the molecule is Brc1ccc(OCCC2CCCCCC2Br)cc1. The third-order valence-electron chi connectivity index (χ3n) is 3.64. The summed E-state index contributed by atoms with van der Waals surface area (Å²) in [4.78, 5) is 0.688. The van der Waals surface area contributed by atoms with Crippen molar-refractivity contribution in [2.45, 2.75) is 43.4 Å². The maximum Gasteiger partial charge on any atom is 0.119 e. The van der Waals surface area contributed by atoms with Gasteiger partial charge >= 0.3 is 0 Å². The molecule has 0 bridgehead atoms. The molecule has 0 saturated heterocycles. The van der Waals surface area contributed by atoms with Crippen LogP contribution in [0.2, 0.25) is 0 Å². The fourth-order valence-electron chi connectivity index (χ4n) is 2.52. The van der Waals surface area contributed by atoms with Gasteiger partial charge in [-0.3, -0.25) is 0 Å². The number of benzene rings is 1. The summed E-state index contributed by atoms with van der Waals surface area (Å²) < 4.78 is 6.91. The largest absolute Gasteiger partial charge is 0.494 e. The van der Waals surface area contributed by atoms with E-state index < -0.39 is 0 Å². The summed E-state index contributed by atoms with van der Waals surface area (Å²) in [5.74, 6) is 1.75. The van der Waals surface area contributed by atoms with Gasteiger partial charge in [0.2, 0.25) is 0 Å². The van der Waals surface area contributed by atoms with Gasteiger partial charge in [-0.2, -0.15) is 0 Å². The van der Waals surface area contributed by atoms with Gasteiger partial charge in [0, 0.05) is 9.30 Å². The summed E-state index contributed by atoms with van der Waals surface area (Å²) in [7, 11) is 0. The number of hydrogen-bond acceptors (Lipinski definition) is 1. The highest BCUT2D eigenvalue weighted by atomic mass is 79.9. The zero-order chi connectivity index (χ0) is 12.8. The van der Waals surface area contributed by atoms with Crippen LogP contribution >= 0.6 is 31.9 Å². The lowest BCUT2D eigenvalue weighted by Crippen LogP contribution is -2.16. The van der Waals surface area contributed by atoms with Crippen molar-refractivity contribution in [1.29, 1.82) is 0 Å². The van der Waals surface area contributed by atoms with Crippen molar-refractivity contribution in [2.75, 3.05) is 6.61 Å². The van der Waals surface area contributed by atoms with E-state index in [0.29, 0.717) is 4.83 Å². The molecule has 1 saturated carbocycles. The molecule has 1 aromatic carbocycles. The number of halogens is 2. The van der Waals surface area contributed by atoms with Gasteiger partial charge in [0.1, 0.15) is 5.75 Å². The van der Waals surface area contributed by atoms with Crippen molar-refractivity contribution >= 4 is 31.9 Å². The molecule has 2 atom stereocenters. The summed E-state index contributed by atoms with van der Waals surface area (Å²) in [5.41, 5.74) is 0. The zero-order valence-corrected chi connectivity index (χ0v) is 13.8. The second-order valence-corrected chi connectivity index (χ2v) is 7.10. The average molecular weight is 376 g/mol. The quantitative estimate of drug-likeness (QED) is 0.494. The Labute approximate surface area is 127 Å². The van der Waals surface area contributed by atoms with E-state index in [0.717, 1.165) is 29.2 Å². The highest BCUT2D eigenvalue weighted by molar-refractivity contribution is 9.10. The Morgan fingerprint density at radius 2 is 1.78 bits per heavy atom. The molecule has 0 heterocycles. The third-order valence-corrected chi connectivity index (χ3v) is 5.37. The van der Waals surface area contributed by atoms with Crippen LogP contribution in [-0.4, -0.2) is 11.4 Å². The summed E-state index contributed by atoms with van der Waals surface area (Å²) in [6.07, 6.45) is 7.98. The molecule has 2 unspecified atom stereocenters. The molecule has 1 fully saturated rings. The normalized spacial score (nSPS) is 24.6. The van der Waals surface area contributed by atoms with Gasteiger partial charge in [-0.15, -0.1) is 0 Å². The lowest BCUT2D eigenvalue weighted by atomic mass is 9.97. The van der Waals surface area contributed by atoms with Gasteiger partial charge < -0.3 is 4.74 Å². The fraction of sp³-hybridized carbons (Fsp3) is 0.600. The minimum Gasteiger partial charge on any atom is -0.494 e. The second-order valence-electron chi connectivity index (χ2n) is 5.01. The van der Waals surface area contributed by atoms with E-state index in [-0.39, 0.29) is 0 Å². The highest BCUT2D eigenvalue weighted by Crippen LogP contribution is 2.31. The third kappa shape index (κ3) is 4.58. The number of rotatable bonds is 4. The Morgan fingerprint density at radius 3 is 2.56 bits per heavy atom. The average Bonchev–Trinajstić information content (AvgIpc) is 2.57. The van der Waals surface area contributed by atoms with Gasteiger partial charge in [0.15, 0.2) is 0 Å². The molecule has 100 valence electrons. The Bertz CT molecular complexity index is 350. The second kappa shape index (κ2) is 7.54.